The predicted octanol–water partition coefficient (Wildman–Crippen LogP) is 5.27. The Hall–Kier alpha value is -3.24. The first-order valence-corrected chi connectivity index (χ1v) is 14.5. The first-order valence-electron chi connectivity index (χ1n) is 11.8. The van der Waals surface area contributed by atoms with E-state index in [4.69, 9.17) is 0 Å². The number of anilines is 1. The molecular weight excluding hydrogens is 460 g/mol. The largest absolute Gasteiger partial charge is 0.377 e. The summed E-state index contributed by atoms with van der Waals surface area (Å²) < 4.78 is 0. The van der Waals surface area contributed by atoms with E-state index >= 15 is 0 Å². The Morgan fingerprint density at radius 1 is 0.400 bits per heavy atom. The lowest BCUT2D eigenvalue weighted by Crippen LogP contribution is -2.37. The molecule has 0 heterocycles. The topological polar surface area (TPSA) is 3.24 Å². The van der Waals surface area contributed by atoms with E-state index in [2.05, 4.69) is 159 Å². The summed E-state index contributed by atoms with van der Waals surface area (Å²) in [4.78, 5) is 2.28. The van der Waals surface area contributed by atoms with Gasteiger partial charge in [-0.1, -0.05) is 133 Å². The molecule has 0 spiro atoms. The zero-order chi connectivity index (χ0) is 24.0. The molecule has 5 aromatic carbocycles. The number of hydrogen-bond donors (Lipinski definition) is 0. The third-order valence-electron chi connectivity index (χ3n) is 6.00. The Kier molecular flexibility index (Phi) is 7.39. The minimum atomic E-state index is -0.759. The van der Waals surface area contributed by atoms with Crippen LogP contribution in [0.4, 0.5) is 5.69 Å². The second kappa shape index (κ2) is 11.0. The molecule has 0 unspecified atom stereocenters. The number of hydrogen-bond acceptors (Lipinski definition) is 1. The normalized spacial score (nSPS) is 11.1. The summed E-state index contributed by atoms with van der Waals surface area (Å²) in [6.07, 6.45) is 0. The van der Waals surface area contributed by atoms with Crippen molar-refractivity contribution in [3.63, 3.8) is 0 Å². The molecule has 0 aliphatic carbocycles. The van der Waals surface area contributed by atoms with Crippen LogP contribution in [0, 0.1) is 0 Å². The van der Waals surface area contributed by atoms with Gasteiger partial charge in [0.25, 0.3) is 0 Å². The first-order chi connectivity index (χ1) is 17.2. The lowest BCUT2D eigenvalue weighted by Gasteiger charge is -2.31. The van der Waals surface area contributed by atoms with Crippen molar-refractivity contribution in [1.29, 1.82) is 0 Å². The van der Waals surface area contributed by atoms with Gasteiger partial charge in [0.05, 0.1) is 0 Å². The number of benzene rings is 5. The fourth-order valence-electron chi connectivity index (χ4n) is 4.43. The highest BCUT2D eigenvalue weighted by Gasteiger charge is 2.28. The van der Waals surface area contributed by atoms with Crippen molar-refractivity contribution in [1.82, 2.24) is 0 Å². The van der Waals surface area contributed by atoms with Crippen LogP contribution in [0.2, 0.25) is 0 Å². The molecule has 35 heavy (non-hydrogen) atoms. The van der Waals surface area contributed by atoms with E-state index in [0.29, 0.717) is 0 Å². The van der Waals surface area contributed by atoms with Crippen molar-refractivity contribution < 1.29 is 0 Å². The summed E-state index contributed by atoms with van der Waals surface area (Å²) in [5.41, 5.74) is 1.29. The molecule has 0 saturated carbocycles. The van der Waals surface area contributed by atoms with Gasteiger partial charge in [0.1, 0.15) is 0 Å². The molecule has 0 fully saturated rings. The van der Waals surface area contributed by atoms with Gasteiger partial charge in [-0.3, -0.25) is 0 Å². The van der Waals surface area contributed by atoms with Crippen molar-refractivity contribution in [3.8, 4) is 0 Å². The molecule has 1 nitrogen and oxygen atoms in total. The maximum absolute atomic E-state index is 2.37. The zero-order valence-electron chi connectivity index (χ0n) is 20.1. The van der Waals surface area contributed by atoms with Crippen LogP contribution in [0.25, 0.3) is 0 Å². The van der Waals surface area contributed by atoms with Crippen molar-refractivity contribution in [3.05, 3.63) is 140 Å². The Labute approximate surface area is 211 Å². The van der Waals surface area contributed by atoms with Crippen molar-refractivity contribution in [2.45, 2.75) is 0 Å². The van der Waals surface area contributed by atoms with E-state index in [0.717, 1.165) is 0 Å². The molecule has 0 radical (unpaired) electrons. The smallest absolute Gasteiger partial charge is 0.0452 e. The monoisotopic (exact) mass is 489 g/mol. The molecule has 0 aliphatic rings. The number of rotatable bonds is 7. The van der Waals surface area contributed by atoms with E-state index in [1.807, 2.05) is 0 Å². The van der Waals surface area contributed by atoms with Gasteiger partial charge in [-0.05, 0) is 48.4 Å². The maximum atomic E-state index is 2.37. The standard InChI is InChI=1S/C32H29NP2/c1-33(2)30-24-15-25-31(34(26-16-7-3-8-17-26)27-18-9-4-10-19-27)32(30)35(28-20-11-5-12-21-28)29-22-13-6-14-23-29/h3-25H,1-2H3. The molecule has 0 saturated heterocycles. The van der Waals surface area contributed by atoms with Crippen LogP contribution in [-0.4, -0.2) is 14.1 Å². The highest BCUT2D eigenvalue weighted by Crippen LogP contribution is 2.41. The van der Waals surface area contributed by atoms with Crippen LogP contribution in [-0.2, 0) is 0 Å². The van der Waals surface area contributed by atoms with E-state index in [9.17, 15) is 0 Å². The Balaban J connectivity index is 1.84. The highest BCUT2D eigenvalue weighted by molar-refractivity contribution is 7.85. The van der Waals surface area contributed by atoms with Crippen LogP contribution < -0.4 is 36.7 Å². The molecule has 0 aliphatic heterocycles. The lowest BCUT2D eigenvalue weighted by molar-refractivity contribution is 1.14. The Bertz CT molecular complexity index is 1280. The average molecular weight is 490 g/mol. The van der Waals surface area contributed by atoms with Crippen LogP contribution in [0.1, 0.15) is 0 Å². The first kappa shape index (κ1) is 23.5. The zero-order valence-corrected chi connectivity index (χ0v) is 21.9. The van der Waals surface area contributed by atoms with Crippen molar-refractivity contribution in [2.75, 3.05) is 19.0 Å². The summed E-state index contributed by atoms with van der Waals surface area (Å²) in [5, 5.41) is 8.38. The van der Waals surface area contributed by atoms with Crippen LogP contribution >= 0.6 is 15.8 Å². The summed E-state index contributed by atoms with van der Waals surface area (Å²) in [6.45, 7) is 0. The summed E-state index contributed by atoms with van der Waals surface area (Å²) in [6, 6.07) is 51.0. The third-order valence-corrected chi connectivity index (χ3v) is 11.2. The van der Waals surface area contributed by atoms with Crippen LogP contribution in [0.3, 0.4) is 0 Å². The quantitative estimate of drug-likeness (QED) is 0.282. The van der Waals surface area contributed by atoms with Gasteiger partial charge in [0.15, 0.2) is 0 Å². The van der Waals surface area contributed by atoms with Crippen molar-refractivity contribution >= 4 is 53.4 Å². The predicted molar refractivity (Wildman–Crippen MR) is 158 cm³/mol. The highest BCUT2D eigenvalue weighted by atomic mass is 31.1. The molecule has 0 N–H and O–H groups in total. The molecule has 3 heteroatoms. The van der Waals surface area contributed by atoms with Gasteiger partial charge in [0.2, 0.25) is 0 Å². The van der Waals surface area contributed by atoms with Gasteiger partial charge in [-0.2, -0.15) is 0 Å². The van der Waals surface area contributed by atoms with Crippen molar-refractivity contribution in [2.24, 2.45) is 0 Å². The SMILES string of the molecule is CN(C)c1cccc(P(c2ccccc2)c2ccccc2)c1P(c1ccccc1)c1ccccc1. The molecule has 5 aromatic rings. The van der Waals surface area contributed by atoms with E-state index in [1.165, 1.54) is 37.5 Å². The fourth-order valence-corrected chi connectivity index (χ4v) is 9.95. The van der Waals surface area contributed by atoms with E-state index in [1.54, 1.807) is 0 Å². The summed E-state index contributed by atoms with van der Waals surface area (Å²) in [5.74, 6) is 0. The number of nitrogens with zero attached hydrogens (tertiary/aromatic N) is 1. The van der Waals surface area contributed by atoms with Crippen LogP contribution in [0.5, 0.6) is 0 Å². The molecule has 0 atom stereocenters. The molecule has 0 aromatic heterocycles. The minimum Gasteiger partial charge on any atom is -0.377 e. The van der Waals surface area contributed by atoms with E-state index in [-0.39, 0.29) is 0 Å². The Morgan fingerprint density at radius 3 is 1.14 bits per heavy atom. The third kappa shape index (κ3) is 5.08. The molecule has 0 amide bonds. The Morgan fingerprint density at radius 2 is 0.771 bits per heavy atom. The van der Waals surface area contributed by atoms with Gasteiger partial charge in [-0.25, -0.2) is 0 Å². The molecular formula is C32H29NP2. The molecule has 0 bridgehead atoms. The summed E-state index contributed by atoms with van der Waals surface area (Å²) in [7, 11) is 2.84. The lowest BCUT2D eigenvalue weighted by atomic mass is 10.3. The molecule has 5 rings (SSSR count). The van der Waals surface area contributed by atoms with E-state index < -0.39 is 15.8 Å². The maximum Gasteiger partial charge on any atom is 0.0452 e. The van der Waals surface area contributed by atoms with Gasteiger partial charge in [0, 0.05) is 25.1 Å². The fraction of sp³-hybridized carbons (Fsp3) is 0.0625. The van der Waals surface area contributed by atoms with Gasteiger partial charge >= 0.3 is 0 Å². The van der Waals surface area contributed by atoms with Gasteiger partial charge < -0.3 is 4.90 Å². The average Bonchev–Trinajstić information content (AvgIpc) is 2.92. The van der Waals surface area contributed by atoms with Crippen LogP contribution in [0.15, 0.2) is 140 Å². The summed E-state index contributed by atoms with van der Waals surface area (Å²) >= 11 is 0. The molecule has 172 valence electrons. The second-order valence-corrected chi connectivity index (χ2v) is 12.9. The second-order valence-electron chi connectivity index (χ2n) is 8.55. The van der Waals surface area contributed by atoms with Gasteiger partial charge in [-0.15, -0.1) is 0 Å². The minimum absolute atomic E-state index is 0.731.